The van der Waals surface area contributed by atoms with Crippen LogP contribution in [0.3, 0.4) is 0 Å². The summed E-state index contributed by atoms with van der Waals surface area (Å²) in [6.07, 6.45) is 9.44. The van der Waals surface area contributed by atoms with Crippen molar-refractivity contribution < 1.29 is 23.7 Å². The third-order valence-corrected chi connectivity index (χ3v) is 8.52. The summed E-state index contributed by atoms with van der Waals surface area (Å²) in [5, 5.41) is 0. The molecule has 0 N–H and O–H groups in total. The van der Waals surface area contributed by atoms with E-state index in [-0.39, 0.29) is 11.5 Å². The number of rotatable bonds is 10. The van der Waals surface area contributed by atoms with Gasteiger partial charge in [0, 0.05) is 18.5 Å². The molecule has 1 amide bonds. The van der Waals surface area contributed by atoms with Gasteiger partial charge in [-0.25, -0.2) is 4.79 Å². The zero-order valence-corrected chi connectivity index (χ0v) is 24.9. The number of piperidine rings is 3. The summed E-state index contributed by atoms with van der Waals surface area (Å²) in [7, 11) is 0. The first kappa shape index (κ1) is 30.5. The number of hydrogen-bond acceptors (Lipinski definition) is 6. The maximum absolute atomic E-state index is 12.4. The fourth-order valence-electron chi connectivity index (χ4n) is 5.79. The molecule has 3 saturated heterocycles. The van der Waals surface area contributed by atoms with Gasteiger partial charge in [-0.05, 0) is 86.3 Å². The molecule has 0 atom stereocenters. The number of benzene rings is 3. The molecule has 0 radical (unpaired) electrons. The molecule has 3 aromatic carbocycles. The molecule has 226 valence electrons. The summed E-state index contributed by atoms with van der Waals surface area (Å²) in [4.78, 5) is 16.8. The molecule has 4 aliphatic rings. The normalized spacial score (nSPS) is 20.2. The molecule has 3 fully saturated rings. The molecule has 0 saturated carbocycles. The number of amides is 1. The van der Waals surface area contributed by atoms with E-state index in [0.717, 1.165) is 30.0 Å². The summed E-state index contributed by atoms with van der Waals surface area (Å²) < 4.78 is 22.1. The standard InChI is InChI=1S/C18H24N2O2.C18H18O3/c21-17(20-9-5-15-3-1-2-4-16(15)13-20)22-14-18-6-10-19(11-7-18)12-8-18;1-2-12-19-13-14-20-18-10-8-16(9-11-18)15-21-17-6-4-3-5-7-17/h1-4H,5-14H2;1,3-11H,12-15H2. The molecule has 2 bridgehead atoms. The van der Waals surface area contributed by atoms with E-state index in [9.17, 15) is 4.79 Å². The lowest BCUT2D eigenvalue weighted by atomic mass is 9.73. The highest BCUT2D eigenvalue weighted by Crippen LogP contribution is 2.40. The number of terminal acetylenes is 1. The quantitative estimate of drug-likeness (QED) is 0.217. The maximum Gasteiger partial charge on any atom is 0.410 e. The van der Waals surface area contributed by atoms with Gasteiger partial charge in [0.1, 0.15) is 31.3 Å². The van der Waals surface area contributed by atoms with E-state index in [4.69, 9.17) is 25.4 Å². The van der Waals surface area contributed by atoms with Crippen LogP contribution in [0, 0.1) is 17.8 Å². The largest absolute Gasteiger partial charge is 0.491 e. The van der Waals surface area contributed by atoms with E-state index in [2.05, 4.69) is 29.0 Å². The van der Waals surface area contributed by atoms with Gasteiger partial charge in [0.15, 0.2) is 0 Å². The van der Waals surface area contributed by atoms with Crippen LogP contribution in [-0.2, 0) is 29.0 Å². The van der Waals surface area contributed by atoms with Crippen LogP contribution in [0.4, 0.5) is 4.79 Å². The molecular weight excluding hydrogens is 540 g/mol. The van der Waals surface area contributed by atoms with Crippen molar-refractivity contribution in [2.24, 2.45) is 5.41 Å². The van der Waals surface area contributed by atoms with Crippen LogP contribution in [0.2, 0.25) is 0 Å². The Morgan fingerprint density at radius 2 is 1.47 bits per heavy atom. The van der Waals surface area contributed by atoms with E-state index in [1.165, 1.54) is 50.0 Å². The van der Waals surface area contributed by atoms with Gasteiger partial charge < -0.3 is 28.7 Å². The predicted octanol–water partition coefficient (Wildman–Crippen LogP) is 5.96. The summed E-state index contributed by atoms with van der Waals surface area (Å²) >= 11 is 0. The summed E-state index contributed by atoms with van der Waals surface area (Å²) in [5.74, 6) is 4.08. The maximum atomic E-state index is 12.4. The van der Waals surface area contributed by atoms with Crippen LogP contribution in [-0.4, -0.2) is 68.5 Å². The SMILES string of the molecule is C#CCOCCOc1ccc(COc2ccccc2)cc1.O=C(OCC12CCN(CC1)CC2)N1CCc2ccccc2C1. The Morgan fingerprint density at radius 3 is 2.19 bits per heavy atom. The molecule has 0 aliphatic carbocycles. The summed E-state index contributed by atoms with van der Waals surface area (Å²) in [6, 6.07) is 26.0. The zero-order chi connectivity index (χ0) is 29.7. The van der Waals surface area contributed by atoms with Crippen molar-refractivity contribution in [1.29, 1.82) is 0 Å². The highest BCUT2D eigenvalue weighted by atomic mass is 16.6. The van der Waals surface area contributed by atoms with Gasteiger partial charge in [0.2, 0.25) is 0 Å². The summed E-state index contributed by atoms with van der Waals surface area (Å²) in [5.41, 5.74) is 3.98. The molecule has 7 rings (SSSR count). The Labute approximate surface area is 255 Å². The number of nitrogens with zero attached hydrogens (tertiary/aromatic N) is 2. The molecule has 0 unspecified atom stereocenters. The molecular formula is C36H42N2O5. The Hall–Kier alpha value is -3.99. The fourth-order valence-corrected chi connectivity index (χ4v) is 5.79. The predicted molar refractivity (Wildman–Crippen MR) is 167 cm³/mol. The van der Waals surface area contributed by atoms with Gasteiger partial charge in [0.05, 0.1) is 13.2 Å². The molecule has 3 aromatic rings. The van der Waals surface area contributed by atoms with Gasteiger partial charge in [-0.15, -0.1) is 6.42 Å². The lowest BCUT2D eigenvalue weighted by Gasteiger charge is -2.48. The first-order chi connectivity index (χ1) is 21.1. The third kappa shape index (κ3) is 9.00. The van der Waals surface area contributed by atoms with Crippen molar-refractivity contribution in [2.45, 2.75) is 38.8 Å². The van der Waals surface area contributed by atoms with Gasteiger partial charge in [-0.1, -0.05) is 60.5 Å². The third-order valence-electron chi connectivity index (χ3n) is 8.52. The summed E-state index contributed by atoms with van der Waals surface area (Å²) in [6.45, 7) is 7.43. The topological polar surface area (TPSA) is 60.5 Å². The Bertz CT molecular complexity index is 1320. The van der Waals surface area contributed by atoms with Gasteiger partial charge in [-0.2, -0.15) is 0 Å². The van der Waals surface area contributed by atoms with Crippen molar-refractivity contribution >= 4 is 6.09 Å². The van der Waals surface area contributed by atoms with Crippen molar-refractivity contribution in [3.63, 3.8) is 0 Å². The number of carbonyl (C=O) groups excluding carboxylic acids is 1. The van der Waals surface area contributed by atoms with E-state index < -0.39 is 0 Å². The van der Waals surface area contributed by atoms with Crippen LogP contribution in [0.5, 0.6) is 11.5 Å². The second-order valence-electron chi connectivity index (χ2n) is 11.4. The molecule has 0 spiro atoms. The Kier molecular flexibility index (Phi) is 11.0. The molecule has 43 heavy (non-hydrogen) atoms. The van der Waals surface area contributed by atoms with E-state index in [0.29, 0.717) is 39.6 Å². The highest BCUT2D eigenvalue weighted by Gasteiger charge is 2.40. The van der Waals surface area contributed by atoms with Crippen LogP contribution >= 0.6 is 0 Å². The monoisotopic (exact) mass is 582 g/mol. The molecule has 4 aliphatic heterocycles. The van der Waals surface area contributed by atoms with E-state index in [1.807, 2.05) is 65.6 Å². The number of para-hydroxylation sites is 1. The van der Waals surface area contributed by atoms with E-state index in [1.54, 1.807) is 0 Å². The van der Waals surface area contributed by atoms with E-state index >= 15 is 0 Å². The Morgan fingerprint density at radius 1 is 0.791 bits per heavy atom. The second kappa shape index (κ2) is 15.5. The molecule has 4 heterocycles. The van der Waals surface area contributed by atoms with Crippen LogP contribution in [0.1, 0.15) is 36.0 Å². The molecule has 0 aromatic heterocycles. The molecule has 7 heteroatoms. The smallest absolute Gasteiger partial charge is 0.410 e. The number of fused-ring (bicyclic) bond motifs is 4. The number of carbonyl (C=O) groups is 1. The van der Waals surface area contributed by atoms with Gasteiger partial charge >= 0.3 is 6.09 Å². The average molecular weight is 583 g/mol. The van der Waals surface area contributed by atoms with Crippen LogP contribution in [0.15, 0.2) is 78.9 Å². The highest BCUT2D eigenvalue weighted by molar-refractivity contribution is 5.68. The van der Waals surface area contributed by atoms with Gasteiger partial charge in [-0.3, -0.25) is 0 Å². The Balaban J connectivity index is 0.000000172. The van der Waals surface area contributed by atoms with Gasteiger partial charge in [0.25, 0.3) is 0 Å². The lowest BCUT2D eigenvalue weighted by molar-refractivity contribution is -0.0288. The number of hydrogen-bond donors (Lipinski definition) is 0. The second-order valence-corrected chi connectivity index (χ2v) is 11.4. The molecule has 7 nitrogen and oxygen atoms in total. The van der Waals surface area contributed by atoms with Crippen molar-refractivity contribution in [1.82, 2.24) is 9.80 Å². The fraction of sp³-hybridized carbons (Fsp3) is 0.417. The van der Waals surface area contributed by atoms with Crippen LogP contribution < -0.4 is 9.47 Å². The average Bonchev–Trinajstić information content (AvgIpc) is 3.08. The van der Waals surface area contributed by atoms with Crippen molar-refractivity contribution in [2.75, 3.05) is 52.6 Å². The zero-order valence-electron chi connectivity index (χ0n) is 24.9. The minimum Gasteiger partial charge on any atom is -0.491 e. The van der Waals surface area contributed by atoms with Crippen LogP contribution in [0.25, 0.3) is 0 Å². The van der Waals surface area contributed by atoms with Crippen molar-refractivity contribution in [3.05, 3.63) is 95.6 Å². The first-order valence-electron chi connectivity index (χ1n) is 15.2. The number of ether oxygens (including phenoxy) is 4. The minimum atomic E-state index is -0.128. The van der Waals surface area contributed by atoms with Crippen molar-refractivity contribution in [3.8, 4) is 23.8 Å². The lowest BCUT2D eigenvalue weighted by Crippen LogP contribution is -2.50. The minimum absolute atomic E-state index is 0.128. The first-order valence-corrected chi connectivity index (χ1v) is 15.2.